The fourth-order valence-corrected chi connectivity index (χ4v) is 4.76. The molecular formula is C23H30N2O3. The Bertz CT molecular complexity index is 831. The first-order valence-corrected chi connectivity index (χ1v) is 10.1. The monoisotopic (exact) mass is 382 g/mol. The lowest BCUT2D eigenvalue weighted by Gasteiger charge is -2.44. The van der Waals surface area contributed by atoms with E-state index in [0.29, 0.717) is 6.42 Å². The summed E-state index contributed by atoms with van der Waals surface area (Å²) < 4.78 is 11.1. The van der Waals surface area contributed by atoms with Crippen LogP contribution in [-0.4, -0.2) is 62.6 Å². The SMILES string of the molecule is COc1ccc(OC)c2c1CC(O)C(N1CCN(c3ccccc3C)CC1)C2. The molecule has 150 valence electrons. The average molecular weight is 383 g/mol. The molecule has 1 aliphatic carbocycles. The van der Waals surface area contributed by atoms with E-state index in [1.807, 2.05) is 12.1 Å². The van der Waals surface area contributed by atoms with Gasteiger partial charge in [-0.1, -0.05) is 18.2 Å². The van der Waals surface area contributed by atoms with Crippen molar-refractivity contribution < 1.29 is 14.6 Å². The van der Waals surface area contributed by atoms with E-state index in [1.165, 1.54) is 16.8 Å². The largest absolute Gasteiger partial charge is 0.496 e. The summed E-state index contributed by atoms with van der Waals surface area (Å²) in [6.45, 7) is 6.05. The number of para-hydroxylation sites is 1. The lowest BCUT2D eigenvalue weighted by molar-refractivity contribution is 0.0385. The number of ether oxygens (including phenoxy) is 2. The molecule has 1 aliphatic heterocycles. The van der Waals surface area contributed by atoms with Crippen LogP contribution in [0.1, 0.15) is 16.7 Å². The highest BCUT2D eigenvalue weighted by Gasteiger charge is 2.36. The van der Waals surface area contributed by atoms with Gasteiger partial charge in [0.05, 0.1) is 20.3 Å². The number of anilines is 1. The van der Waals surface area contributed by atoms with Gasteiger partial charge in [0.1, 0.15) is 11.5 Å². The lowest BCUT2D eigenvalue weighted by atomic mass is 9.84. The molecule has 1 heterocycles. The Hall–Kier alpha value is -2.24. The normalized spacial score (nSPS) is 22.6. The van der Waals surface area contributed by atoms with Gasteiger partial charge in [-0.3, -0.25) is 4.90 Å². The van der Waals surface area contributed by atoms with Crippen LogP contribution in [0, 0.1) is 6.92 Å². The zero-order valence-electron chi connectivity index (χ0n) is 17.0. The number of aliphatic hydroxyl groups excluding tert-OH is 1. The third kappa shape index (κ3) is 3.45. The van der Waals surface area contributed by atoms with Crippen LogP contribution in [0.5, 0.6) is 11.5 Å². The van der Waals surface area contributed by atoms with Crippen molar-refractivity contribution in [3.05, 3.63) is 53.1 Å². The molecule has 0 amide bonds. The maximum Gasteiger partial charge on any atom is 0.122 e. The number of aliphatic hydroxyl groups is 1. The summed E-state index contributed by atoms with van der Waals surface area (Å²) >= 11 is 0. The second kappa shape index (κ2) is 8.02. The second-order valence-electron chi connectivity index (χ2n) is 7.78. The maximum absolute atomic E-state index is 10.9. The van der Waals surface area contributed by atoms with Crippen molar-refractivity contribution in [3.8, 4) is 11.5 Å². The quantitative estimate of drug-likeness (QED) is 0.881. The summed E-state index contributed by atoms with van der Waals surface area (Å²) in [5.74, 6) is 1.74. The highest BCUT2D eigenvalue weighted by atomic mass is 16.5. The van der Waals surface area contributed by atoms with Crippen molar-refractivity contribution in [2.45, 2.75) is 31.9 Å². The first kappa shape index (κ1) is 19.1. The van der Waals surface area contributed by atoms with Crippen LogP contribution in [-0.2, 0) is 12.8 Å². The van der Waals surface area contributed by atoms with E-state index in [0.717, 1.165) is 49.7 Å². The van der Waals surface area contributed by atoms with E-state index in [4.69, 9.17) is 9.47 Å². The highest BCUT2D eigenvalue weighted by Crippen LogP contribution is 2.37. The van der Waals surface area contributed by atoms with Gasteiger partial charge in [-0.15, -0.1) is 0 Å². The van der Waals surface area contributed by atoms with Gasteiger partial charge in [0.15, 0.2) is 0 Å². The number of rotatable bonds is 4. The fraction of sp³-hybridized carbons (Fsp3) is 0.478. The zero-order chi connectivity index (χ0) is 19.7. The van der Waals surface area contributed by atoms with Crippen LogP contribution >= 0.6 is 0 Å². The third-order valence-corrected chi connectivity index (χ3v) is 6.30. The van der Waals surface area contributed by atoms with Gasteiger partial charge >= 0.3 is 0 Å². The van der Waals surface area contributed by atoms with Crippen LogP contribution in [0.4, 0.5) is 5.69 Å². The molecule has 2 aromatic carbocycles. The van der Waals surface area contributed by atoms with Gasteiger partial charge in [-0.25, -0.2) is 0 Å². The third-order valence-electron chi connectivity index (χ3n) is 6.30. The van der Waals surface area contributed by atoms with Gasteiger partial charge in [-0.2, -0.15) is 0 Å². The van der Waals surface area contributed by atoms with Gasteiger partial charge in [0.2, 0.25) is 0 Å². The van der Waals surface area contributed by atoms with E-state index in [2.05, 4.69) is 41.0 Å². The first-order chi connectivity index (χ1) is 13.6. The Morgan fingerprint density at radius 1 is 0.857 bits per heavy atom. The van der Waals surface area contributed by atoms with Crippen molar-refractivity contribution in [1.82, 2.24) is 4.90 Å². The Morgan fingerprint density at radius 3 is 2.07 bits per heavy atom. The number of fused-ring (bicyclic) bond motifs is 1. The maximum atomic E-state index is 10.9. The van der Waals surface area contributed by atoms with Crippen LogP contribution in [0.15, 0.2) is 36.4 Å². The molecule has 1 N–H and O–H groups in total. The molecular weight excluding hydrogens is 352 g/mol. The lowest BCUT2D eigenvalue weighted by Crippen LogP contribution is -2.56. The molecule has 0 aromatic heterocycles. The summed E-state index contributed by atoms with van der Waals surface area (Å²) in [5, 5.41) is 10.9. The summed E-state index contributed by atoms with van der Waals surface area (Å²) in [6.07, 6.45) is 1.01. The average Bonchev–Trinajstić information content (AvgIpc) is 2.73. The zero-order valence-corrected chi connectivity index (χ0v) is 17.0. The minimum Gasteiger partial charge on any atom is -0.496 e. The van der Waals surface area contributed by atoms with Crippen molar-refractivity contribution in [2.24, 2.45) is 0 Å². The van der Waals surface area contributed by atoms with Crippen molar-refractivity contribution in [1.29, 1.82) is 0 Å². The van der Waals surface area contributed by atoms with E-state index in [-0.39, 0.29) is 6.04 Å². The molecule has 2 aromatic rings. The van der Waals surface area contributed by atoms with Crippen molar-refractivity contribution >= 4 is 5.69 Å². The molecule has 0 saturated carbocycles. The summed E-state index contributed by atoms with van der Waals surface area (Å²) in [6, 6.07) is 12.6. The fourth-order valence-electron chi connectivity index (χ4n) is 4.76. The molecule has 0 spiro atoms. The van der Waals surface area contributed by atoms with Crippen LogP contribution in [0.25, 0.3) is 0 Å². The minimum atomic E-state index is -0.390. The first-order valence-electron chi connectivity index (χ1n) is 10.1. The van der Waals surface area contributed by atoms with Crippen LogP contribution < -0.4 is 14.4 Å². The number of benzene rings is 2. The highest BCUT2D eigenvalue weighted by molar-refractivity contribution is 5.54. The number of hydrogen-bond acceptors (Lipinski definition) is 5. The Balaban J connectivity index is 1.50. The van der Waals surface area contributed by atoms with E-state index < -0.39 is 6.10 Å². The number of aryl methyl sites for hydroxylation is 1. The Labute approximate surface area is 167 Å². The van der Waals surface area contributed by atoms with Crippen molar-refractivity contribution in [3.63, 3.8) is 0 Å². The number of piperazine rings is 1. The number of nitrogens with zero attached hydrogens (tertiary/aromatic N) is 2. The molecule has 0 bridgehead atoms. The van der Waals surface area contributed by atoms with Gasteiger partial charge in [-0.05, 0) is 37.1 Å². The molecule has 5 nitrogen and oxygen atoms in total. The molecule has 4 rings (SSSR count). The Morgan fingerprint density at radius 2 is 1.46 bits per heavy atom. The van der Waals surface area contributed by atoms with Crippen molar-refractivity contribution in [2.75, 3.05) is 45.3 Å². The topological polar surface area (TPSA) is 45.2 Å². The number of hydrogen-bond donors (Lipinski definition) is 1. The second-order valence-corrected chi connectivity index (χ2v) is 7.78. The van der Waals surface area contributed by atoms with E-state index in [1.54, 1.807) is 14.2 Å². The summed E-state index contributed by atoms with van der Waals surface area (Å²) in [7, 11) is 3.40. The van der Waals surface area contributed by atoms with Gasteiger partial charge < -0.3 is 19.5 Å². The van der Waals surface area contributed by atoms with Crippen LogP contribution in [0.3, 0.4) is 0 Å². The standard InChI is InChI=1S/C23H30N2O3/c1-16-6-4-5-7-19(16)24-10-12-25(13-11-24)20-14-17-18(15-21(20)26)23(28-3)9-8-22(17)27-2/h4-9,20-21,26H,10-15H2,1-3H3. The Kier molecular flexibility index (Phi) is 5.47. The summed E-state index contributed by atoms with van der Waals surface area (Å²) in [5.41, 5.74) is 4.91. The molecule has 0 radical (unpaired) electrons. The van der Waals surface area contributed by atoms with Gasteiger partial charge in [0, 0.05) is 55.5 Å². The predicted molar refractivity (Wildman–Crippen MR) is 112 cm³/mol. The molecule has 2 aliphatic rings. The molecule has 2 unspecified atom stereocenters. The minimum absolute atomic E-state index is 0.118. The molecule has 28 heavy (non-hydrogen) atoms. The van der Waals surface area contributed by atoms with E-state index >= 15 is 0 Å². The summed E-state index contributed by atoms with van der Waals surface area (Å²) in [4.78, 5) is 4.90. The molecule has 1 saturated heterocycles. The predicted octanol–water partition coefficient (Wildman–Crippen LogP) is 2.66. The van der Waals surface area contributed by atoms with Crippen LogP contribution in [0.2, 0.25) is 0 Å². The van der Waals surface area contributed by atoms with E-state index in [9.17, 15) is 5.11 Å². The molecule has 2 atom stereocenters. The molecule has 1 fully saturated rings. The van der Waals surface area contributed by atoms with Gasteiger partial charge in [0.25, 0.3) is 0 Å². The number of methoxy groups -OCH3 is 2. The molecule has 5 heteroatoms. The smallest absolute Gasteiger partial charge is 0.122 e.